The van der Waals surface area contributed by atoms with Crippen LogP contribution < -0.4 is 9.47 Å². The smallest absolute Gasteiger partial charge is 0.481 e. The molecule has 1 heterocycles. The van der Waals surface area contributed by atoms with Gasteiger partial charge in [0, 0.05) is 5.56 Å². The number of carboxylic acid groups (broad SMARTS) is 1. The molecule has 1 N–H and O–H groups in total. The van der Waals surface area contributed by atoms with Gasteiger partial charge in [0.05, 0.1) is 19.7 Å². The van der Waals surface area contributed by atoms with Crippen LogP contribution in [0.2, 0.25) is 0 Å². The third-order valence-electron chi connectivity index (χ3n) is 2.14. The summed E-state index contributed by atoms with van der Waals surface area (Å²) in [5.74, 6) is -4.17. The summed E-state index contributed by atoms with van der Waals surface area (Å²) in [6, 6.07) is 0. The highest BCUT2D eigenvalue weighted by Crippen LogP contribution is 2.42. The molecular weight excluding hydrogens is 312 g/mol. The van der Waals surface area contributed by atoms with Crippen LogP contribution >= 0.6 is 0 Å². The minimum Gasteiger partial charge on any atom is -0.481 e. The molecule has 0 spiro atoms. The molecule has 5 nitrogen and oxygen atoms in total. The average molecular weight is 319 g/mol. The van der Waals surface area contributed by atoms with E-state index >= 15 is 0 Å². The molecular formula is C10H7F6NO4. The maximum absolute atomic E-state index is 12.9. The average Bonchev–Trinajstić information content (AvgIpc) is 2.26. The van der Waals surface area contributed by atoms with Crippen LogP contribution in [0.25, 0.3) is 0 Å². The lowest BCUT2D eigenvalue weighted by molar-refractivity contribution is -0.275. The topological polar surface area (TPSA) is 68.7 Å². The molecule has 118 valence electrons. The van der Waals surface area contributed by atoms with E-state index in [1.54, 1.807) is 0 Å². The number of methoxy groups -OCH3 is 1. The number of rotatable bonds is 4. The highest BCUT2D eigenvalue weighted by atomic mass is 19.4. The summed E-state index contributed by atoms with van der Waals surface area (Å²) in [5, 5.41) is 8.58. The Morgan fingerprint density at radius 1 is 1.29 bits per heavy atom. The second-order valence-corrected chi connectivity index (χ2v) is 3.60. The Balaban J connectivity index is 3.56. The van der Waals surface area contributed by atoms with E-state index in [9.17, 15) is 31.1 Å². The van der Waals surface area contributed by atoms with Gasteiger partial charge in [-0.2, -0.15) is 13.2 Å². The zero-order chi connectivity index (χ0) is 16.4. The maximum atomic E-state index is 12.9. The third kappa shape index (κ3) is 4.39. The number of aliphatic carboxylic acids is 1. The molecule has 0 aliphatic heterocycles. The van der Waals surface area contributed by atoms with E-state index in [-0.39, 0.29) is 0 Å². The van der Waals surface area contributed by atoms with Crippen LogP contribution in [0.3, 0.4) is 0 Å². The summed E-state index contributed by atoms with van der Waals surface area (Å²) in [6.07, 6.45) is -11.5. The Morgan fingerprint density at radius 3 is 2.24 bits per heavy atom. The summed E-state index contributed by atoms with van der Waals surface area (Å²) in [6.45, 7) is 0. The zero-order valence-corrected chi connectivity index (χ0v) is 10.2. The normalized spacial score (nSPS) is 12.1. The van der Waals surface area contributed by atoms with Crippen LogP contribution in [0.5, 0.6) is 11.6 Å². The molecule has 0 aliphatic rings. The van der Waals surface area contributed by atoms with Crippen LogP contribution in [-0.2, 0) is 17.4 Å². The van der Waals surface area contributed by atoms with Crippen molar-refractivity contribution in [3.05, 3.63) is 17.3 Å². The first-order chi connectivity index (χ1) is 9.45. The van der Waals surface area contributed by atoms with Gasteiger partial charge in [-0.25, -0.2) is 4.98 Å². The first-order valence-corrected chi connectivity index (χ1v) is 5.06. The second-order valence-electron chi connectivity index (χ2n) is 3.60. The van der Waals surface area contributed by atoms with E-state index in [2.05, 4.69) is 14.5 Å². The third-order valence-corrected chi connectivity index (χ3v) is 2.14. The van der Waals surface area contributed by atoms with Gasteiger partial charge in [0.25, 0.3) is 0 Å². The summed E-state index contributed by atoms with van der Waals surface area (Å²) >= 11 is 0. The lowest BCUT2D eigenvalue weighted by Gasteiger charge is -2.18. The van der Waals surface area contributed by atoms with E-state index in [0.29, 0.717) is 6.20 Å². The van der Waals surface area contributed by atoms with Crippen molar-refractivity contribution >= 4 is 5.97 Å². The second kappa shape index (κ2) is 5.66. The lowest BCUT2D eigenvalue weighted by atomic mass is 10.1. The molecule has 0 saturated carbocycles. The Morgan fingerprint density at radius 2 is 1.86 bits per heavy atom. The number of hydrogen-bond acceptors (Lipinski definition) is 4. The highest BCUT2D eigenvalue weighted by molar-refractivity contribution is 5.72. The summed E-state index contributed by atoms with van der Waals surface area (Å²) in [7, 11) is 0.812. The zero-order valence-electron chi connectivity index (χ0n) is 10.2. The van der Waals surface area contributed by atoms with Gasteiger partial charge in [0.1, 0.15) is 5.56 Å². The van der Waals surface area contributed by atoms with Crippen molar-refractivity contribution in [3.63, 3.8) is 0 Å². The largest absolute Gasteiger partial charge is 0.573 e. The molecule has 1 aromatic heterocycles. The molecule has 11 heteroatoms. The van der Waals surface area contributed by atoms with E-state index in [1.165, 1.54) is 0 Å². The molecule has 0 fully saturated rings. The van der Waals surface area contributed by atoms with Gasteiger partial charge in [0.2, 0.25) is 5.88 Å². The monoisotopic (exact) mass is 319 g/mol. The minimum absolute atomic E-state index is 0.319. The van der Waals surface area contributed by atoms with Crippen LogP contribution in [0.15, 0.2) is 6.20 Å². The van der Waals surface area contributed by atoms with Crippen molar-refractivity contribution in [1.82, 2.24) is 4.98 Å². The number of pyridine rings is 1. The van der Waals surface area contributed by atoms with Gasteiger partial charge < -0.3 is 14.6 Å². The Bertz CT molecular complexity index is 540. The Hall–Kier alpha value is -2.20. The molecule has 1 aromatic rings. The van der Waals surface area contributed by atoms with Crippen LogP contribution in [0, 0.1) is 0 Å². The Labute approximate surface area is 113 Å². The number of aromatic nitrogens is 1. The molecule has 0 atom stereocenters. The first kappa shape index (κ1) is 16.9. The van der Waals surface area contributed by atoms with Gasteiger partial charge >= 0.3 is 18.5 Å². The predicted molar refractivity (Wildman–Crippen MR) is 53.8 cm³/mol. The molecule has 0 saturated heterocycles. The molecule has 0 amide bonds. The molecule has 0 bridgehead atoms. The van der Waals surface area contributed by atoms with Crippen molar-refractivity contribution in [2.45, 2.75) is 19.0 Å². The van der Waals surface area contributed by atoms with Crippen LogP contribution in [-0.4, -0.2) is 29.5 Å². The SMILES string of the molecule is COc1ncc(OC(F)(F)F)c(CC(=O)O)c1C(F)(F)F. The number of carbonyl (C=O) groups is 1. The molecule has 1 rings (SSSR count). The van der Waals surface area contributed by atoms with E-state index in [4.69, 9.17) is 5.11 Å². The van der Waals surface area contributed by atoms with Gasteiger partial charge in [-0.15, -0.1) is 13.2 Å². The van der Waals surface area contributed by atoms with Crippen molar-refractivity contribution < 1.29 is 45.7 Å². The fourth-order valence-corrected chi connectivity index (χ4v) is 1.50. The molecule has 0 aromatic carbocycles. The number of ether oxygens (including phenoxy) is 2. The van der Waals surface area contributed by atoms with Crippen LogP contribution in [0.4, 0.5) is 26.3 Å². The van der Waals surface area contributed by atoms with E-state index < -0.39 is 47.7 Å². The number of nitrogens with zero attached hydrogens (tertiary/aromatic N) is 1. The highest BCUT2D eigenvalue weighted by Gasteiger charge is 2.42. The van der Waals surface area contributed by atoms with Crippen molar-refractivity contribution in [2.75, 3.05) is 7.11 Å². The Kier molecular flexibility index (Phi) is 4.54. The standard InChI is InChI=1S/C10H7F6NO4/c1-20-8-7(9(11,12)13)4(2-6(18)19)5(3-17-8)21-10(14,15)16/h3H,2H2,1H3,(H,18,19). The molecule has 0 radical (unpaired) electrons. The molecule has 0 unspecified atom stereocenters. The van der Waals surface area contributed by atoms with Gasteiger partial charge in [-0.05, 0) is 0 Å². The van der Waals surface area contributed by atoms with E-state index in [1.807, 2.05) is 0 Å². The van der Waals surface area contributed by atoms with Gasteiger partial charge in [0.15, 0.2) is 5.75 Å². The molecule has 21 heavy (non-hydrogen) atoms. The minimum atomic E-state index is -5.30. The fraction of sp³-hybridized carbons (Fsp3) is 0.400. The number of carboxylic acids is 1. The van der Waals surface area contributed by atoms with Crippen molar-refractivity contribution in [1.29, 1.82) is 0 Å². The maximum Gasteiger partial charge on any atom is 0.573 e. The quantitative estimate of drug-likeness (QED) is 0.864. The fourth-order valence-electron chi connectivity index (χ4n) is 1.50. The number of alkyl halides is 6. The number of hydrogen-bond donors (Lipinski definition) is 1. The summed E-state index contributed by atoms with van der Waals surface area (Å²) in [5.41, 5.74) is -2.95. The first-order valence-electron chi connectivity index (χ1n) is 5.06. The van der Waals surface area contributed by atoms with Crippen LogP contribution in [0.1, 0.15) is 11.1 Å². The lowest BCUT2D eigenvalue weighted by Crippen LogP contribution is -2.22. The summed E-state index contributed by atoms with van der Waals surface area (Å²) in [4.78, 5) is 13.7. The van der Waals surface area contributed by atoms with Gasteiger partial charge in [-0.1, -0.05) is 0 Å². The number of halogens is 6. The van der Waals surface area contributed by atoms with Crippen molar-refractivity contribution in [2.24, 2.45) is 0 Å². The molecule has 0 aliphatic carbocycles. The van der Waals surface area contributed by atoms with E-state index in [0.717, 1.165) is 7.11 Å². The predicted octanol–water partition coefficient (Wildman–Crippen LogP) is 2.63. The summed E-state index contributed by atoms with van der Waals surface area (Å²) < 4.78 is 82.9. The van der Waals surface area contributed by atoms with Gasteiger partial charge in [-0.3, -0.25) is 4.79 Å². The van der Waals surface area contributed by atoms with Crippen molar-refractivity contribution in [3.8, 4) is 11.6 Å².